The fraction of sp³-hybridized carbons (Fsp3) is 0.444. The Morgan fingerprint density at radius 1 is 1.39 bits per heavy atom. The van der Waals surface area contributed by atoms with Gasteiger partial charge in [0.15, 0.2) is 5.78 Å². The Balaban J connectivity index is 1.70. The van der Waals surface area contributed by atoms with Crippen LogP contribution >= 0.6 is 11.3 Å². The van der Waals surface area contributed by atoms with E-state index < -0.39 is 0 Å². The molecule has 1 aliphatic rings. The van der Waals surface area contributed by atoms with Gasteiger partial charge in [-0.2, -0.15) is 0 Å². The van der Waals surface area contributed by atoms with Crippen molar-refractivity contribution in [2.45, 2.75) is 32.9 Å². The zero-order valence-corrected chi connectivity index (χ0v) is 14.4. The Bertz CT molecular complexity index is 670. The fourth-order valence-corrected chi connectivity index (χ4v) is 3.61. The van der Waals surface area contributed by atoms with Crippen LogP contribution in [0.4, 0.5) is 0 Å². The largest absolute Gasteiger partial charge is 0.378 e. The zero-order chi connectivity index (χ0) is 16.2. The number of thiophene rings is 1. The molecule has 2 aromatic rings. The SMILES string of the molecule is Cc1ccc(CN2CCOC[C@@H]2CC(=O)c2cccs2)c(C)n1. The van der Waals surface area contributed by atoms with Crippen LogP contribution < -0.4 is 0 Å². The summed E-state index contributed by atoms with van der Waals surface area (Å²) in [6.07, 6.45) is 0.513. The topological polar surface area (TPSA) is 42.4 Å². The lowest BCUT2D eigenvalue weighted by atomic mass is 10.1. The predicted octanol–water partition coefficient (Wildman–Crippen LogP) is 3.23. The summed E-state index contributed by atoms with van der Waals surface area (Å²) in [7, 11) is 0. The van der Waals surface area contributed by atoms with Gasteiger partial charge in [-0.15, -0.1) is 11.3 Å². The molecule has 0 aromatic carbocycles. The highest BCUT2D eigenvalue weighted by Gasteiger charge is 2.26. The third-order valence-electron chi connectivity index (χ3n) is 4.27. The molecule has 4 nitrogen and oxygen atoms in total. The van der Waals surface area contributed by atoms with Crippen molar-refractivity contribution in [3.63, 3.8) is 0 Å². The second kappa shape index (κ2) is 7.34. The van der Waals surface area contributed by atoms with Crippen molar-refractivity contribution in [1.82, 2.24) is 9.88 Å². The van der Waals surface area contributed by atoms with Crippen LogP contribution in [0.15, 0.2) is 29.6 Å². The molecule has 5 heteroatoms. The van der Waals surface area contributed by atoms with Crippen LogP contribution in [0.3, 0.4) is 0 Å². The van der Waals surface area contributed by atoms with Gasteiger partial charge in [-0.1, -0.05) is 12.1 Å². The van der Waals surface area contributed by atoms with Crippen molar-refractivity contribution in [3.05, 3.63) is 51.5 Å². The van der Waals surface area contributed by atoms with Crippen molar-refractivity contribution in [3.8, 4) is 0 Å². The van der Waals surface area contributed by atoms with Gasteiger partial charge in [0, 0.05) is 36.9 Å². The van der Waals surface area contributed by atoms with E-state index in [4.69, 9.17) is 4.74 Å². The second-order valence-electron chi connectivity index (χ2n) is 6.00. The van der Waals surface area contributed by atoms with Crippen LogP contribution in [0.1, 0.15) is 33.0 Å². The molecule has 1 saturated heterocycles. The van der Waals surface area contributed by atoms with Gasteiger partial charge in [-0.25, -0.2) is 0 Å². The Morgan fingerprint density at radius 3 is 3.00 bits per heavy atom. The number of pyridine rings is 1. The molecule has 0 radical (unpaired) electrons. The van der Waals surface area contributed by atoms with Crippen LogP contribution in [0, 0.1) is 13.8 Å². The van der Waals surface area contributed by atoms with E-state index in [9.17, 15) is 4.79 Å². The highest BCUT2D eigenvalue weighted by molar-refractivity contribution is 7.12. The molecule has 0 N–H and O–H groups in total. The smallest absolute Gasteiger partial charge is 0.174 e. The normalized spacial score (nSPS) is 19.0. The number of ketones is 1. The van der Waals surface area contributed by atoms with E-state index in [0.29, 0.717) is 13.0 Å². The first kappa shape index (κ1) is 16.3. The number of carbonyl (C=O) groups is 1. The Kier molecular flexibility index (Phi) is 5.20. The van der Waals surface area contributed by atoms with E-state index in [1.807, 2.05) is 24.4 Å². The number of nitrogens with zero attached hydrogens (tertiary/aromatic N) is 2. The van der Waals surface area contributed by atoms with E-state index in [2.05, 4.69) is 28.9 Å². The molecule has 122 valence electrons. The first-order valence-corrected chi connectivity index (χ1v) is 8.83. The van der Waals surface area contributed by atoms with Crippen molar-refractivity contribution < 1.29 is 9.53 Å². The van der Waals surface area contributed by atoms with Crippen molar-refractivity contribution in [2.24, 2.45) is 0 Å². The maximum absolute atomic E-state index is 12.4. The maximum Gasteiger partial charge on any atom is 0.174 e. The zero-order valence-electron chi connectivity index (χ0n) is 13.6. The number of morpholine rings is 1. The molecule has 1 fully saturated rings. The van der Waals surface area contributed by atoms with Crippen LogP contribution in [-0.2, 0) is 11.3 Å². The predicted molar refractivity (Wildman–Crippen MR) is 92.0 cm³/mol. The summed E-state index contributed by atoms with van der Waals surface area (Å²) in [6, 6.07) is 8.16. The van der Waals surface area contributed by atoms with Crippen molar-refractivity contribution in [1.29, 1.82) is 0 Å². The molecule has 0 aliphatic carbocycles. The Hall–Kier alpha value is -1.56. The first-order chi connectivity index (χ1) is 11.1. The molecule has 0 amide bonds. The summed E-state index contributed by atoms with van der Waals surface area (Å²) in [5, 5.41) is 1.95. The minimum Gasteiger partial charge on any atom is -0.378 e. The van der Waals surface area contributed by atoms with Gasteiger partial charge >= 0.3 is 0 Å². The van der Waals surface area contributed by atoms with Crippen LogP contribution in [0.2, 0.25) is 0 Å². The van der Waals surface area contributed by atoms with E-state index >= 15 is 0 Å². The van der Waals surface area contributed by atoms with Gasteiger partial charge in [0.1, 0.15) is 0 Å². The summed E-state index contributed by atoms with van der Waals surface area (Å²) in [4.78, 5) is 20.1. The molecule has 3 heterocycles. The minimum absolute atomic E-state index is 0.138. The number of ether oxygens (including phenoxy) is 1. The number of aromatic nitrogens is 1. The van der Waals surface area contributed by atoms with E-state index in [1.54, 1.807) is 0 Å². The number of hydrogen-bond donors (Lipinski definition) is 0. The standard InChI is InChI=1S/C18H22N2O2S/c1-13-5-6-15(14(2)19-13)11-20-7-8-22-12-16(20)10-17(21)18-4-3-9-23-18/h3-6,9,16H,7-8,10-12H2,1-2H3/t16-/m0/s1. The van der Waals surface area contributed by atoms with Gasteiger partial charge in [-0.05, 0) is 36.9 Å². The molecule has 0 spiro atoms. The van der Waals surface area contributed by atoms with Crippen LogP contribution in [0.5, 0.6) is 0 Å². The highest BCUT2D eigenvalue weighted by atomic mass is 32.1. The van der Waals surface area contributed by atoms with Crippen molar-refractivity contribution in [2.75, 3.05) is 19.8 Å². The summed E-state index contributed by atoms with van der Waals surface area (Å²) in [6.45, 7) is 7.08. The van der Waals surface area contributed by atoms with E-state index in [-0.39, 0.29) is 11.8 Å². The highest BCUT2D eigenvalue weighted by Crippen LogP contribution is 2.20. The lowest BCUT2D eigenvalue weighted by Gasteiger charge is -2.35. The Morgan fingerprint density at radius 2 is 2.26 bits per heavy atom. The van der Waals surface area contributed by atoms with Crippen LogP contribution in [0.25, 0.3) is 0 Å². The monoisotopic (exact) mass is 330 g/mol. The minimum atomic E-state index is 0.138. The molecule has 1 aliphatic heterocycles. The number of rotatable bonds is 5. The number of Topliss-reactive ketones (excluding diaryl/α,β-unsaturated/α-hetero) is 1. The van der Waals surface area contributed by atoms with Gasteiger partial charge in [0.25, 0.3) is 0 Å². The molecule has 0 unspecified atom stereocenters. The number of hydrogen-bond acceptors (Lipinski definition) is 5. The van der Waals surface area contributed by atoms with Crippen molar-refractivity contribution >= 4 is 17.1 Å². The molecule has 3 rings (SSSR count). The second-order valence-corrected chi connectivity index (χ2v) is 6.95. The maximum atomic E-state index is 12.4. The number of carbonyl (C=O) groups excluding carboxylic acids is 1. The summed E-state index contributed by atoms with van der Waals surface area (Å²) >= 11 is 1.51. The fourth-order valence-electron chi connectivity index (χ4n) is 2.94. The quantitative estimate of drug-likeness (QED) is 0.790. The third-order valence-corrected chi connectivity index (χ3v) is 5.19. The molecule has 1 atom stereocenters. The third kappa shape index (κ3) is 4.05. The van der Waals surface area contributed by atoms with Gasteiger partial charge < -0.3 is 4.74 Å². The molecule has 2 aromatic heterocycles. The van der Waals surface area contributed by atoms with Crippen LogP contribution in [-0.4, -0.2) is 41.5 Å². The van der Waals surface area contributed by atoms with Gasteiger partial charge in [0.2, 0.25) is 0 Å². The Labute approximate surface area is 141 Å². The molecule has 23 heavy (non-hydrogen) atoms. The van der Waals surface area contributed by atoms with E-state index in [0.717, 1.165) is 36.0 Å². The summed E-state index contributed by atoms with van der Waals surface area (Å²) in [5.74, 6) is 0.208. The van der Waals surface area contributed by atoms with Gasteiger partial charge in [0.05, 0.1) is 18.1 Å². The molecular formula is C18H22N2O2S. The average molecular weight is 330 g/mol. The van der Waals surface area contributed by atoms with E-state index in [1.165, 1.54) is 16.9 Å². The lowest BCUT2D eigenvalue weighted by Crippen LogP contribution is -2.46. The average Bonchev–Trinajstić information content (AvgIpc) is 3.06. The summed E-state index contributed by atoms with van der Waals surface area (Å²) in [5.41, 5.74) is 3.34. The lowest BCUT2D eigenvalue weighted by molar-refractivity contribution is -0.0126. The molecule has 0 saturated carbocycles. The first-order valence-electron chi connectivity index (χ1n) is 7.95. The van der Waals surface area contributed by atoms with Gasteiger partial charge in [-0.3, -0.25) is 14.7 Å². The summed E-state index contributed by atoms with van der Waals surface area (Å²) < 4.78 is 5.61. The molecule has 0 bridgehead atoms. The number of aryl methyl sites for hydroxylation is 2. The molecular weight excluding hydrogens is 308 g/mol.